The van der Waals surface area contributed by atoms with Gasteiger partial charge < -0.3 is 14.8 Å². The Morgan fingerprint density at radius 2 is 1.70 bits per heavy atom. The Kier molecular flexibility index (Phi) is 8.32. The van der Waals surface area contributed by atoms with E-state index >= 15 is 0 Å². The Balaban J connectivity index is 1.72. The van der Waals surface area contributed by atoms with Crippen molar-refractivity contribution in [2.45, 2.75) is 13.3 Å². The van der Waals surface area contributed by atoms with Gasteiger partial charge in [-0.25, -0.2) is 4.79 Å². The average molecular weight is 370 g/mol. The van der Waals surface area contributed by atoms with Crippen LogP contribution in [0.5, 0.6) is 5.75 Å². The van der Waals surface area contributed by atoms with Gasteiger partial charge in [0.2, 0.25) is 5.91 Å². The van der Waals surface area contributed by atoms with E-state index in [0.717, 1.165) is 12.2 Å². The highest BCUT2D eigenvalue weighted by Crippen LogP contribution is 2.11. The van der Waals surface area contributed by atoms with Gasteiger partial charge in [0.25, 0.3) is 0 Å². The molecule has 1 N–H and O–H groups in total. The summed E-state index contributed by atoms with van der Waals surface area (Å²) >= 11 is 0. The number of nitrogens with one attached hydrogen (secondary N) is 1. The molecule has 0 atom stereocenters. The summed E-state index contributed by atoms with van der Waals surface area (Å²) in [5.41, 5.74) is 1.11. The molecule has 0 spiro atoms. The summed E-state index contributed by atoms with van der Waals surface area (Å²) < 4.78 is 10.7. The molecule has 0 aliphatic rings. The lowest BCUT2D eigenvalue weighted by Crippen LogP contribution is -2.33. The smallest absolute Gasteiger partial charge is 0.338 e. The minimum atomic E-state index is -0.354. The number of hydrogen-bond donors (Lipinski definition) is 1. The fraction of sp³-hybridized carbons (Fsp3) is 0.333. The fourth-order valence-electron chi connectivity index (χ4n) is 2.33. The Hall–Kier alpha value is -2.86. The number of hydrogen-bond acceptors (Lipinski definition) is 5. The number of para-hydroxylation sites is 1. The van der Waals surface area contributed by atoms with Crippen molar-refractivity contribution in [2.24, 2.45) is 0 Å². The van der Waals surface area contributed by atoms with Crippen LogP contribution < -0.4 is 10.1 Å². The summed E-state index contributed by atoms with van der Waals surface area (Å²) in [5.74, 6) is 0.333. The molecule has 0 saturated heterocycles. The van der Waals surface area contributed by atoms with Crippen molar-refractivity contribution in [1.82, 2.24) is 4.90 Å². The highest BCUT2D eigenvalue weighted by atomic mass is 16.5. The number of ether oxygens (including phenoxy) is 2. The maximum Gasteiger partial charge on any atom is 0.338 e. The van der Waals surface area contributed by atoms with E-state index in [1.165, 1.54) is 0 Å². The zero-order valence-corrected chi connectivity index (χ0v) is 15.8. The predicted molar refractivity (Wildman–Crippen MR) is 105 cm³/mol. The first-order chi connectivity index (χ1) is 13.1. The lowest BCUT2D eigenvalue weighted by atomic mass is 10.2. The maximum absolute atomic E-state index is 12.1. The van der Waals surface area contributed by atoms with Crippen LogP contribution in [0.25, 0.3) is 0 Å². The molecule has 0 heterocycles. The van der Waals surface area contributed by atoms with Crippen LogP contribution in [0, 0.1) is 0 Å². The summed E-state index contributed by atoms with van der Waals surface area (Å²) in [6.07, 6.45) is 0.782. The van der Waals surface area contributed by atoms with E-state index in [0.29, 0.717) is 31.0 Å². The molecule has 0 unspecified atom stereocenters. The minimum Gasteiger partial charge on any atom is -0.492 e. The van der Waals surface area contributed by atoms with Gasteiger partial charge in [-0.15, -0.1) is 0 Å². The van der Waals surface area contributed by atoms with Crippen LogP contribution in [0.1, 0.15) is 23.7 Å². The van der Waals surface area contributed by atoms with Crippen molar-refractivity contribution in [3.63, 3.8) is 0 Å². The molecule has 27 heavy (non-hydrogen) atoms. The number of carbonyl (C=O) groups is 2. The standard InChI is InChI=1S/C21H26N2O4/c1-3-14-27-21(25)17-9-11-18(12-10-17)22-20(24)16-23(2)13-15-26-19-7-5-4-6-8-19/h4-12H,3,13-16H2,1-2H3,(H,22,24). The van der Waals surface area contributed by atoms with Crippen molar-refractivity contribution < 1.29 is 19.1 Å². The first-order valence-electron chi connectivity index (χ1n) is 9.02. The molecule has 1 amide bonds. The van der Waals surface area contributed by atoms with Crippen LogP contribution in [-0.4, -0.2) is 50.1 Å². The van der Waals surface area contributed by atoms with E-state index in [9.17, 15) is 9.59 Å². The predicted octanol–water partition coefficient (Wildman–Crippen LogP) is 3.20. The average Bonchev–Trinajstić information content (AvgIpc) is 2.67. The number of benzene rings is 2. The third-order valence-electron chi connectivity index (χ3n) is 3.74. The third-order valence-corrected chi connectivity index (χ3v) is 3.74. The number of amides is 1. The van der Waals surface area contributed by atoms with Crippen molar-refractivity contribution in [3.8, 4) is 5.75 Å². The zero-order chi connectivity index (χ0) is 19.5. The Morgan fingerprint density at radius 3 is 2.37 bits per heavy atom. The lowest BCUT2D eigenvalue weighted by molar-refractivity contribution is -0.117. The SMILES string of the molecule is CCCOC(=O)c1ccc(NC(=O)CN(C)CCOc2ccccc2)cc1. The van der Waals surface area contributed by atoms with Gasteiger partial charge in [0.05, 0.1) is 18.7 Å². The van der Waals surface area contributed by atoms with Gasteiger partial charge in [-0.05, 0) is 49.9 Å². The molecule has 6 heteroatoms. The number of nitrogens with zero attached hydrogens (tertiary/aromatic N) is 1. The number of esters is 1. The molecule has 0 aromatic heterocycles. The van der Waals surface area contributed by atoms with Gasteiger partial charge in [-0.3, -0.25) is 9.69 Å². The van der Waals surface area contributed by atoms with Gasteiger partial charge in [-0.2, -0.15) is 0 Å². The molecule has 0 aliphatic heterocycles. The topological polar surface area (TPSA) is 67.9 Å². The van der Waals surface area contributed by atoms with Crippen molar-refractivity contribution in [1.29, 1.82) is 0 Å². The molecule has 0 bridgehead atoms. The molecule has 2 rings (SSSR count). The van der Waals surface area contributed by atoms with Crippen LogP contribution in [0.15, 0.2) is 54.6 Å². The van der Waals surface area contributed by atoms with Crippen LogP contribution in [0.4, 0.5) is 5.69 Å². The van der Waals surface area contributed by atoms with E-state index in [2.05, 4.69) is 5.32 Å². The second-order valence-electron chi connectivity index (χ2n) is 6.16. The van der Waals surface area contributed by atoms with E-state index in [-0.39, 0.29) is 18.4 Å². The summed E-state index contributed by atoms with van der Waals surface area (Å²) in [4.78, 5) is 25.8. The first kappa shape index (κ1) is 20.5. The highest BCUT2D eigenvalue weighted by molar-refractivity contribution is 5.94. The lowest BCUT2D eigenvalue weighted by Gasteiger charge is -2.16. The molecular formula is C21H26N2O4. The van der Waals surface area contributed by atoms with E-state index in [4.69, 9.17) is 9.47 Å². The van der Waals surface area contributed by atoms with E-state index in [1.54, 1.807) is 24.3 Å². The molecule has 2 aromatic carbocycles. The largest absolute Gasteiger partial charge is 0.492 e. The molecule has 2 aromatic rings. The Bertz CT molecular complexity index is 717. The second kappa shape index (κ2) is 11.0. The normalized spacial score (nSPS) is 10.5. The molecule has 0 aliphatic carbocycles. The molecule has 0 radical (unpaired) electrons. The summed E-state index contributed by atoms with van der Waals surface area (Å²) in [5, 5.41) is 2.82. The molecule has 6 nitrogen and oxygen atoms in total. The van der Waals surface area contributed by atoms with Crippen LogP contribution in [0.2, 0.25) is 0 Å². The summed E-state index contributed by atoms with van der Waals surface area (Å²) in [6.45, 7) is 3.72. The van der Waals surface area contributed by atoms with Gasteiger partial charge in [0, 0.05) is 12.2 Å². The second-order valence-corrected chi connectivity index (χ2v) is 6.16. The van der Waals surface area contributed by atoms with E-state index < -0.39 is 0 Å². The zero-order valence-electron chi connectivity index (χ0n) is 15.8. The van der Waals surface area contributed by atoms with Crippen LogP contribution in [0.3, 0.4) is 0 Å². The van der Waals surface area contributed by atoms with Crippen LogP contribution >= 0.6 is 0 Å². The summed E-state index contributed by atoms with van der Waals surface area (Å²) in [6, 6.07) is 16.2. The monoisotopic (exact) mass is 370 g/mol. The van der Waals surface area contributed by atoms with Gasteiger partial charge in [0.15, 0.2) is 0 Å². The van der Waals surface area contributed by atoms with Crippen LogP contribution in [-0.2, 0) is 9.53 Å². The maximum atomic E-state index is 12.1. The number of anilines is 1. The number of likely N-dealkylation sites (N-methyl/N-ethyl adjacent to an activating group) is 1. The van der Waals surface area contributed by atoms with E-state index in [1.807, 2.05) is 49.2 Å². The molecule has 0 fully saturated rings. The highest BCUT2D eigenvalue weighted by Gasteiger charge is 2.09. The summed E-state index contributed by atoms with van der Waals surface area (Å²) in [7, 11) is 1.86. The minimum absolute atomic E-state index is 0.126. The first-order valence-corrected chi connectivity index (χ1v) is 9.02. The number of carbonyl (C=O) groups excluding carboxylic acids is 2. The molecule has 0 saturated carbocycles. The van der Waals surface area contributed by atoms with Gasteiger partial charge >= 0.3 is 5.97 Å². The number of rotatable bonds is 10. The third kappa shape index (κ3) is 7.50. The van der Waals surface area contributed by atoms with Gasteiger partial charge in [0.1, 0.15) is 12.4 Å². The van der Waals surface area contributed by atoms with Crippen molar-refractivity contribution >= 4 is 17.6 Å². The quantitative estimate of drug-likeness (QED) is 0.651. The Labute approximate surface area is 160 Å². The fourth-order valence-corrected chi connectivity index (χ4v) is 2.33. The van der Waals surface area contributed by atoms with Crippen molar-refractivity contribution in [3.05, 3.63) is 60.2 Å². The van der Waals surface area contributed by atoms with Gasteiger partial charge in [-0.1, -0.05) is 25.1 Å². The molecular weight excluding hydrogens is 344 g/mol. The molecule has 144 valence electrons. The Morgan fingerprint density at radius 1 is 1.00 bits per heavy atom. The van der Waals surface area contributed by atoms with Crippen molar-refractivity contribution in [2.75, 3.05) is 38.7 Å².